The Labute approximate surface area is 176 Å². The van der Waals surface area contributed by atoms with Crippen molar-refractivity contribution in [3.63, 3.8) is 0 Å². The lowest BCUT2D eigenvalue weighted by Gasteiger charge is -2.17. The Bertz CT molecular complexity index is 1370. The minimum Gasteiger partial charge on any atom is -0.493 e. The van der Waals surface area contributed by atoms with E-state index in [-0.39, 0.29) is 18.3 Å². The summed E-state index contributed by atoms with van der Waals surface area (Å²) in [6.07, 6.45) is 5.63. The van der Waals surface area contributed by atoms with Crippen molar-refractivity contribution in [2.45, 2.75) is 19.5 Å². The van der Waals surface area contributed by atoms with Gasteiger partial charge in [0.1, 0.15) is 17.9 Å². The number of halogens is 1. The van der Waals surface area contributed by atoms with E-state index in [2.05, 4.69) is 25.6 Å². The fraction of sp³-hybridized carbons (Fsp3) is 0.182. The van der Waals surface area contributed by atoms with Crippen LogP contribution in [0.1, 0.15) is 27.3 Å². The molecule has 1 aromatic carbocycles. The first kappa shape index (κ1) is 17.8. The Hall–Kier alpha value is -4.01. The van der Waals surface area contributed by atoms with Crippen LogP contribution in [-0.2, 0) is 19.5 Å². The zero-order valence-corrected chi connectivity index (χ0v) is 16.4. The van der Waals surface area contributed by atoms with Crippen LogP contribution in [0.25, 0.3) is 16.6 Å². The van der Waals surface area contributed by atoms with Gasteiger partial charge in [0.15, 0.2) is 5.69 Å². The Morgan fingerprint density at radius 3 is 3.06 bits per heavy atom. The van der Waals surface area contributed by atoms with Crippen LogP contribution in [0.2, 0.25) is 0 Å². The summed E-state index contributed by atoms with van der Waals surface area (Å²) in [7, 11) is 0. The standard InChI is InChI=1S/C22H17FN6O2/c23-16-3-4-18-13(5-7-31-18)14(16)8-26-22-27-9-15-12-2-1-6-24-17(12)10-25-21(30)19-20(15)29(22)11-28-19/h1-4,6,9,11H,5,7-8,10H2,(H,25,30)(H,26,27). The number of nitrogens with zero attached hydrogens (tertiary/aromatic N) is 4. The topological polar surface area (TPSA) is 93.4 Å². The zero-order chi connectivity index (χ0) is 20.9. The van der Waals surface area contributed by atoms with Gasteiger partial charge in [-0.1, -0.05) is 6.07 Å². The quantitative estimate of drug-likeness (QED) is 0.534. The van der Waals surface area contributed by atoms with Crippen molar-refractivity contribution in [3.05, 3.63) is 71.3 Å². The molecule has 2 N–H and O–H groups in total. The molecule has 2 aliphatic rings. The first-order valence-corrected chi connectivity index (χ1v) is 9.96. The average molecular weight is 416 g/mol. The van der Waals surface area contributed by atoms with Gasteiger partial charge in [-0.3, -0.25) is 14.2 Å². The largest absolute Gasteiger partial charge is 0.493 e. The van der Waals surface area contributed by atoms with Crippen molar-refractivity contribution in [2.24, 2.45) is 0 Å². The first-order chi connectivity index (χ1) is 15.2. The van der Waals surface area contributed by atoms with E-state index in [0.29, 0.717) is 42.3 Å². The summed E-state index contributed by atoms with van der Waals surface area (Å²) in [4.78, 5) is 25.9. The van der Waals surface area contributed by atoms with Crippen molar-refractivity contribution >= 4 is 17.4 Å². The van der Waals surface area contributed by atoms with Gasteiger partial charge in [-0.2, -0.15) is 0 Å². The number of carbonyl (C=O) groups excluding carboxylic acids is 1. The van der Waals surface area contributed by atoms with Crippen molar-refractivity contribution in [2.75, 3.05) is 11.9 Å². The minimum absolute atomic E-state index is 0.234. The third kappa shape index (κ3) is 2.73. The van der Waals surface area contributed by atoms with Gasteiger partial charge in [-0.05, 0) is 18.2 Å². The molecular formula is C22H17FN6O2. The summed E-state index contributed by atoms with van der Waals surface area (Å²) < 4.78 is 21.8. The highest BCUT2D eigenvalue weighted by Gasteiger charge is 2.25. The zero-order valence-electron chi connectivity index (χ0n) is 16.4. The van der Waals surface area contributed by atoms with Crippen LogP contribution in [0.15, 0.2) is 43.0 Å². The molecule has 8 nitrogen and oxygen atoms in total. The molecule has 0 radical (unpaired) electrons. The van der Waals surface area contributed by atoms with Crippen molar-refractivity contribution in [1.82, 2.24) is 24.7 Å². The molecule has 1 amide bonds. The van der Waals surface area contributed by atoms with Crippen LogP contribution in [-0.4, -0.2) is 31.9 Å². The van der Waals surface area contributed by atoms with Crippen LogP contribution < -0.4 is 15.4 Å². The van der Waals surface area contributed by atoms with E-state index < -0.39 is 0 Å². The second kappa shape index (κ2) is 6.76. The Morgan fingerprint density at radius 2 is 2.13 bits per heavy atom. The second-order valence-electron chi connectivity index (χ2n) is 7.44. The summed E-state index contributed by atoms with van der Waals surface area (Å²) in [5, 5.41) is 6.07. The van der Waals surface area contributed by atoms with Gasteiger partial charge in [-0.25, -0.2) is 14.4 Å². The van der Waals surface area contributed by atoms with Crippen LogP contribution in [0.4, 0.5) is 10.3 Å². The molecule has 0 spiro atoms. The fourth-order valence-electron chi connectivity index (χ4n) is 4.26. The molecular weight excluding hydrogens is 399 g/mol. The average Bonchev–Trinajstić information content (AvgIpc) is 3.44. The number of fused-ring (bicyclic) bond motifs is 3. The lowest BCUT2D eigenvalue weighted by atomic mass is 10.0. The van der Waals surface area contributed by atoms with E-state index in [4.69, 9.17) is 4.74 Å². The maximum atomic E-state index is 14.5. The second-order valence-corrected chi connectivity index (χ2v) is 7.44. The molecule has 2 aliphatic heterocycles. The molecule has 4 aromatic rings. The number of benzene rings is 1. The maximum absolute atomic E-state index is 14.5. The SMILES string of the molecule is O=C1NCc2ncccc2-c2cnc(NCc3c(F)ccc4c3CCO4)n3cnc1c23. The molecule has 0 bridgehead atoms. The fourth-order valence-corrected chi connectivity index (χ4v) is 4.26. The highest BCUT2D eigenvalue weighted by atomic mass is 19.1. The summed E-state index contributed by atoms with van der Waals surface area (Å²) in [6, 6.07) is 6.88. The molecule has 6 rings (SSSR count). The molecule has 154 valence electrons. The minimum atomic E-state index is -0.287. The number of ether oxygens (including phenoxy) is 1. The van der Waals surface area contributed by atoms with Gasteiger partial charge >= 0.3 is 0 Å². The predicted molar refractivity (Wildman–Crippen MR) is 110 cm³/mol. The van der Waals surface area contributed by atoms with Gasteiger partial charge in [0.25, 0.3) is 5.91 Å². The number of rotatable bonds is 3. The van der Waals surface area contributed by atoms with E-state index in [1.807, 2.05) is 12.1 Å². The third-order valence-electron chi connectivity index (χ3n) is 5.74. The van der Waals surface area contributed by atoms with Crippen LogP contribution >= 0.6 is 0 Å². The molecule has 9 heteroatoms. The summed E-state index contributed by atoms with van der Waals surface area (Å²) in [5.74, 6) is 0.623. The smallest absolute Gasteiger partial charge is 0.272 e. The van der Waals surface area contributed by atoms with Gasteiger partial charge < -0.3 is 15.4 Å². The first-order valence-electron chi connectivity index (χ1n) is 9.96. The third-order valence-corrected chi connectivity index (χ3v) is 5.74. The van der Waals surface area contributed by atoms with Crippen LogP contribution in [0.3, 0.4) is 0 Å². The molecule has 31 heavy (non-hydrogen) atoms. The van der Waals surface area contributed by atoms with E-state index in [0.717, 1.165) is 28.1 Å². The van der Waals surface area contributed by atoms with Gasteiger partial charge in [-0.15, -0.1) is 0 Å². The highest BCUT2D eigenvalue weighted by Crippen LogP contribution is 2.33. The van der Waals surface area contributed by atoms with Crippen molar-refractivity contribution in [1.29, 1.82) is 0 Å². The van der Waals surface area contributed by atoms with E-state index in [9.17, 15) is 9.18 Å². The summed E-state index contributed by atoms with van der Waals surface area (Å²) in [5.41, 5.74) is 4.80. The van der Waals surface area contributed by atoms with Crippen LogP contribution in [0.5, 0.6) is 5.75 Å². The Balaban J connectivity index is 1.45. The van der Waals surface area contributed by atoms with Crippen molar-refractivity contribution in [3.8, 4) is 16.9 Å². The molecule has 5 heterocycles. The molecule has 0 fully saturated rings. The number of imidazole rings is 1. The molecule has 0 saturated heterocycles. The maximum Gasteiger partial charge on any atom is 0.272 e. The van der Waals surface area contributed by atoms with E-state index in [1.54, 1.807) is 29.2 Å². The van der Waals surface area contributed by atoms with E-state index >= 15 is 0 Å². The monoisotopic (exact) mass is 416 g/mol. The number of hydrogen-bond donors (Lipinski definition) is 2. The number of pyridine rings is 1. The molecule has 3 aromatic heterocycles. The Morgan fingerprint density at radius 1 is 1.19 bits per heavy atom. The number of hydrogen-bond acceptors (Lipinski definition) is 6. The predicted octanol–water partition coefficient (Wildman–Crippen LogP) is 2.72. The van der Waals surface area contributed by atoms with Crippen LogP contribution in [0, 0.1) is 5.82 Å². The Kier molecular flexibility index (Phi) is 3.89. The molecule has 0 aliphatic carbocycles. The van der Waals surface area contributed by atoms with Gasteiger partial charge in [0.05, 0.1) is 24.4 Å². The number of aromatic nitrogens is 4. The van der Waals surface area contributed by atoms with Gasteiger partial charge in [0.2, 0.25) is 5.95 Å². The van der Waals surface area contributed by atoms with Gasteiger partial charge in [0, 0.05) is 47.6 Å². The lowest BCUT2D eigenvalue weighted by Crippen LogP contribution is -2.25. The normalized spacial score (nSPS) is 14.3. The molecule has 0 atom stereocenters. The summed E-state index contributed by atoms with van der Waals surface area (Å²) >= 11 is 0. The number of nitrogens with one attached hydrogen (secondary N) is 2. The van der Waals surface area contributed by atoms with Crippen molar-refractivity contribution < 1.29 is 13.9 Å². The number of carbonyl (C=O) groups is 1. The lowest BCUT2D eigenvalue weighted by molar-refractivity contribution is 0.0947. The number of anilines is 1. The summed E-state index contributed by atoms with van der Waals surface area (Å²) in [6.45, 7) is 1.10. The number of amides is 1. The molecule has 0 saturated carbocycles. The molecule has 0 unspecified atom stereocenters. The highest BCUT2D eigenvalue weighted by molar-refractivity contribution is 6.04. The van der Waals surface area contributed by atoms with E-state index in [1.165, 1.54) is 6.07 Å².